The standard InChI is InChI=1S/C22H22O7/c1-4-25-17-7-5-6-8-18(17)29-20-12-27-19-11-15(9-10-16(19)22(20)24)26-13-21(23)28-14(2)3/h5-12,14H,4,13H2,1-3H3. The van der Waals surface area contributed by atoms with Crippen molar-refractivity contribution in [3.63, 3.8) is 0 Å². The highest BCUT2D eigenvalue weighted by molar-refractivity contribution is 5.79. The highest BCUT2D eigenvalue weighted by Crippen LogP contribution is 2.31. The van der Waals surface area contributed by atoms with E-state index in [4.69, 9.17) is 23.4 Å². The lowest BCUT2D eigenvalue weighted by Crippen LogP contribution is -2.18. The van der Waals surface area contributed by atoms with Crippen LogP contribution in [0, 0.1) is 0 Å². The van der Waals surface area contributed by atoms with Gasteiger partial charge in [0.1, 0.15) is 17.6 Å². The van der Waals surface area contributed by atoms with Gasteiger partial charge in [-0.2, -0.15) is 0 Å². The van der Waals surface area contributed by atoms with Crippen molar-refractivity contribution in [3.05, 3.63) is 59.0 Å². The number of hydrogen-bond donors (Lipinski definition) is 0. The Morgan fingerprint density at radius 2 is 1.79 bits per heavy atom. The van der Waals surface area contributed by atoms with Gasteiger partial charge in [0.2, 0.25) is 11.2 Å². The normalized spacial score (nSPS) is 10.8. The first-order valence-corrected chi connectivity index (χ1v) is 9.25. The highest BCUT2D eigenvalue weighted by atomic mass is 16.6. The largest absolute Gasteiger partial charge is 0.490 e. The van der Waals surface area contributed by atoms with E-state index in [0.717, 1.165) is 0 Å². The van der Waals surface area contributed by atoms with Crippen LogP contribution in [0.25, 0.3) is 11.0 Å². The van der Waals surface area contributed by atoms with Gasteiger partial charge in [-0.25, -0.2) is 4.79 Å². The lowest BCUT2D eigenvalue weighted by molar-refractivity contribution is -0.149. The second-order valence-electron chi connectivity index (χ2n) is 6.40. The lowest BCUT2D eigenvalue weighted by atomic mass is 10.2. The fourth-order valence-corrected chi connectivity index (χ4v) is 2.62. The van der Waals surface area contributed by atoms with Gasteiger partial charge in [0.15, 0.2) is 18.1 Å². The number of fused-ring (bicyclic) bond motifs is 1. The summed E-state index contributed by atoms with van der Waals surface area (Å²) in [6.07, 6.45) is 1.02. The third-order valence-electron chi connectivity index (χ3n) is 3.81. The summed E-state index contributed by atoms with van der Waals surface area (Å²) >= 11 is 0. The van der Waals surface area contributed by atoms with Gasteiger partial charge in [-0.15, -0.1) is 0 Å². The molecule has 0 aliphatic rings. The Balaban J connectivity index is 1.80. The third kappa shape index (κ3) is 5.07. The Hall–Kier alpha value is -3.48. The Labute approximate surface area is 167 Å². The highest BCUT2D eigenvalue weighted by Gasteiger charge is 2.13. The van der Waals surface area contributed by atoms with Crippen molar-refractivity contribution >= 4 is 16.9 Å². The first kappa shape index (κ1) is 20.3. The van der Waals surface area contributed by atoms with E-state index in [1.165, 1.54) is 12.3 Å². The molecular weight excluding hydrogens is 376 g/mol. The zero-order valence-electron chi connectivity index (χ0n) is 16.5. The molecular formula is C22H22O7. The second kappa shape index (κ2) is 9.14. The zero-order chi connectivity index (χ0) is 20.8. The molecule has 0 unspecified atom stereocenters. The summed E-state index contributed by atoms with van der Waals surface area (Å²) in [5.41, 5.74) is -0.0153. The Kier molecular flexibility index (Phi) is 6.39. The first-order valence-electron chi connectivity index (χ1n) is 9.25. The molecule has 3 rings (SSSR count). The van der Waals surface area contributed by atoms with Gasteiger partial charge in [-0.05, 0) is 45.0 Å². The van der Waals surface area contributed by atoms with E-state index in [1.54, 1.807) is 44.2 Å². The van der Waals surface area contributed by atoms with Gasteiger partial charge >= 0.3 is 5.97 Å². The predicted molar refractivity (Wildman–Crippen MR) is 107 cm³/mol. The molecule has 0 aliphatic carbocycles. The molecule has 1 heterocycles. The van der Waals surface area contributed by atoms with Gasteiger partial charge in [0, 0.05) is 6.07 Å². The molecule has 0 spiro atoms. The van der Waals surface area contributed by atoms with Crippen LogP contribution in [-0.4, -0.2) is 25.3 Å². The summed E-state index contributed by atoms with van der Waals surface area (Å²) in [6, 6.07) is 11.8. The van der Waals surface area contributed by atoms with E-state index in [2.05, 4.69) is 0 Å². The van der Waals surface area contributed by atoms with Crippen LogP contribution in [0.3, 0.4) is 0 Å². The molecule has 0 amide bonds. The zero-order valence-corrected chi connectivity index (χ0v) is 16.5. The number of benzene rings is 2. The minimum Gasteiger partial charge on any atom is -0.490 e. The minimum absolute atomic E-state index is 0.0406. The summed E-state index contributed by atoms with van der Waals surface area (Å²) in [4.78, 5) is 24.3. The summed E-state index contributed by atoms with van der Waals surface area (Å²) in [5.74, 6) is 0.907. The fraction of sp³-hybridized carbons (Fsp3) is 0.273. The van der Waals surface area contributed by atoms with Crippen LogP contribution >= 0.6 is 0 Å². The minimum atomic E-state index is -0.474. The molecule has 7 heteroatoms. The molecule has 2 aromatic carbocycles. The van der Waals surface area contributed by atoms with Gasteiger partial charge in [0.25, 0.3) is 0 Å². The smallest absolute Gasteiger partial charge is 0.344 e. The van der Waals surface area contributed by atoms with Crippen LogP contribution in [0.15, 0.2) is 57.9 Å². The molecule has 0 bridgehead atoms. The molecule has 0 atom stereocenters. The first-order chi connectivity index (χ1) is 14.0. The monoisotopic (exact) mass is 398 g/mol. The molecule has 152 valence electrons. The number of ether oxygens (including phenoxy) is 4. The summed E-state index contributed by atoms with van der Waals surface area (Å²) in [7, 11) is 0. The van der Waals surface area contributed by atoms with Gasteiger partial charge in [-0.1, -0.05) is 12.1 Å². The van der Waals surface area contributed by atoms with Crippen molar-refractivity contribution in [1.82, 2.24) is 0 Å². The number of rotatable bonds is 8. The molecule has 7 nitrogen and oxygen atoms in total. The third-order valence-corrected chi connectivity index (χ3v) is 3.81. The van der Waals surface area contributed by atoms with Gasteiger partial charge < -0.3 is 23.4 Å². The Morgan fingerprint density at radius 3 is 2.52 bits per heavy atom. The molecule has 29 heavy (non-hydrogen) atoms. The van der Waals surface area contributed by atoms with Crippen LogP contribution in [0.5, 0.6) is 23.0 Å². The van der Waals surface area contributed by atoms with Crippen LogP contribution < -0.4 is 19.6 Å². The maximum atomic E-state index is 12.8. The van der Waals surface area contributed by atoms with Crippen molar-refractivity contribution in [1.29, 1.82) is 0 Å². The maximum absolute atomic E-state index is 12.8. The van der Waals surface area contributed by atoms with E-state index < -0.39 is 5.97 Å². The van der Waals surface area contributed by atoms with Crippen LogP contribution in [0.1, 0.15) is 20.8 Å². The van der Waals surface area contributed by atoms with Crippen LogP contribution in [0.4, 0.5) is 0 Å². The Bertz CT molecular complexity index is 1050. The van der Waals surface area contributed by atoms with Crippen molar-refractivity contribution in [2.24, 2.45) is 0 Å². The van der Waals surface area contributed by atoms with Crippen LogP contribution in [-0.2, 0) is 9.53 Å². The van der Waals surface area contributed by atoms with Crippen molar-refractivity contribution < 1.29 is 28.2 Å². The molecule has 1 aromatic heterocycles. The quantitative estimate of drug-likeness (QED) is 0.523. The number of para-hydroxylation sites is 2. The number of carbonyl (C=O) groups excluding carboxylic acids is 1. The number of carbonyl (C=O) groups is 1. The SMILES string of the molecule is CCOc1ccccc1Oc1coc2cc(OCC(=O)OC(C)C)ccc2c1=O. The van der Waals surface area contributed by atoms with Crippen molar-refractivity contribution in [2.75, 3.05) is 13.2 Å². The second-order valence-corrected chi connectivity index (χ2v) is 6.40. The van der Waals surface area contributed by atoms with Crippen LogP contribution in [0.2, 0.25) is 0 Å². The van der Waals surface area contributed by atoms with E-state index in [0.29, 0.717) is 34.8 Å². The lowest BCUT2D eigenvalue weighted by Gasteiger charge is -2.11. The van der Waals surface area contributed by atoms with Gasteiger partial charge in [-0.3, -0.25) is 4.79 Å². The number of esters is 1. The number of hydrogen-bond acceptors (Lipinski definition) is 7. The van der Waals surface area contributed by atoms with Crippen molar-refractivity contribution in [3.8, 4) is 23.0 Å². The molecule has 0 radical (unpaired) electrons. The predicted octanol–water partition coefficient (Wildman–Crippen LogP) is 4.31. The molecule has 0 aliphatic heterocycles. The van der Waals surface area contributed by atoms with E-state index in [1.807, 2.05) is 13.0 Å². The Morgan fingerprint density at radius 1 is 1.03 bits per heavy atom. The summed E-state index contributed by atoms with van der Waals surface area (Å²) in [6.45, 7) is 5.62. The fourth-order valence-electron chi connectivity index (χ4n) is 2.62. The molecule has 3 aromatic rings. The average molecular weight is 398 g/mol. The molecule has 0 saturated heterocycles. The van der Waals surface area contributed by atoms with Crippen molar-refractivity contribution in [2.45, 2.75) is 26.9 Å². The van der Waals surface area contributed by atoms with E-state index >= 15 is 0 Å². The van der Waals surface area contributed by atoms with E-state index in [-0.39, 0.29) is 23.9 Å². The molecule has 0 fully saturated rings. The average Bonchev–Trinajstić information content (AvgIpc) is 2.69. The summed E-state index contributed by atoms with van der Waals surface area (Å²) in [5, 5.41) is 0.327. The maximum Gasteiger partial charge on any atom is 0.344 e. The molecule has 0 N–H and O–H groups in total. The van der Waals surface area contributed by atoms with E-state index in [9.17, 15) is 9.59 Å². The summed E-state index contributed by atoms with van der Waals surface area (Å²) < 4.78 is 27.2. The topological polar surface area (TPSA) is 84.2 Å². The molecule has 0 saturated carbocycles. The van der Waals surface area contributed by atoms with Gasteiger partial charge in [0.05, 0.1) is 18.1 Å².